The zero-order valence-corrected chi connectivity index (χ0v) is 16.1. The van der Waals surface area contributed by atoms with Crippen LogP contribution >= 0.6 is 0 Å². The lowest BCUT2D eigenvalue weighted by atomic mass is 10.1. The molecule has 0 radical (unpaired) electrons. The molecule has 0 saturated heterocycles. The molecule has 1 heterocycles. The Morgan fingerprint density at radius 2 is 1.33 bits per heavy atom. The van der Waals surface area contributed by atoms with E-state index in [9.17, 15) is 26.8 Å². The van der Waals surface area contributed by atoms with E-state index in [1.807, 2.05) is 0 Å². The fraction of sp³-hybridized carbons (Fsp3) is 0.0476. The normalized spacial score (nSPS) is 13.5. The molecular formula is C21H14F2N2O4S. The van der Waals surface area contributed by atoms with E-state index >= 15 is 0 Å². The molecule has 30 heavy (non-hydrogen) atoms. The van der Waals surface area contributed by atoms with E-state index in [2.05, 4.69) is 4.72 Å². The summed E-state index contributed by atoms with van der Waals surface area (Å²) in [5, 5.41) is 0. The van der Waals surface area contributed by atoms with E-state index < -0.39 is 33.5 Å². The molecule has 0 unspecified atom stereocenters. The molecule has 0 aliphatic carbocycles. The van der Waals surface area contributed by atoms with Crippen LogP contribution in [0.2, 0.25) is 0 Å². The minimum absolute atomic E-state index is 0.0186. The molecule has 4 rings (SSSR count). The Bertz CT molecular complexity index is 1220. The third-order valence-electron chi connectivity index (χ3n) is 4.57. The van der Waals surface area contributed by atoms with Gasteiger partial charge in [-0.15, -0.1) is 0 Å². The predicted octanol–water partition coefficient (Wildman–Crippen LogP) is 3.56. The molecule has 1 N–H and O–H groups in total. The number of carbonyl (C=O) groups is 2. The largest absolute Gasteiger partial charge is 0.279 e. The monoisotopic (exact) mass is 428 g/mol. The minimum atomic E-state index is -4.09. The summed E-state index contributed by atoms with van der Waals surface area (Å²) in [5.41, 5.74) is 0.948. The number of imide groups is 1. The Balaban J connectivity index is 1.52. The van der Waals surface area contributed by atoms with Gasteiger partial charge in [0.05, 0.1) is 28.3 Å². The number of anilines is 1. The van der Waals surface area contributed by atoms with Gasteiger partial charge >= 0.3 is 0 Å². The Hall–Kier alpha value is -3.59. The van der Waals surface area contributed by atoms with Crippen molar-refractivity contribution in [3.8, 4) is 0 Å². The van der Waals surface area contributed by atoms with Gasteiger partial charge in [-0.05, 0) is 42.0 Å². The maximum atomic E-state index is 13.3. The minimum Gasteiger partial charge on any atom is -0.279 e. The predicted molar refractivity (Wildman–Crippen MR) is 104 cm³/mol. The standard InChI is InChI=1S/C21H14F2N2O4S/c22-14-9-15(23)11-16(10-14)24-30(28,29)17-7-5-13(6-8-17)12-25-20(26)18-3-1-2-4-19(18)21(25)27/h1-11,24H,12H2. The number of sulfonamides is 1. The van der Waals surface area contributed by atoms with Crippen molar-refractivity contribution in [1.29, 1.82) is 0 Å². The molecule has 0 atom stereocenters. The number of nitrogens with zero attached hydrogens (tertiary/aromatic N) is 1. The molecular weight excluding hydrogens is 414 g/mol. The van der Waals surface area contributed by atoms with Gasteiger partial charge in [-0.2, -0.15) is 0 Å². The van der Waals surface area contributed by atoms with Gasteiger partial charge in [-0.3, -0.25) is 19.2 Å². The summed E-state index contributed by atoms with van der Waals surface area (Å²) < 4.78 is 53.6. The zero-order valence-electron chi connectivity index (χ0n) is 15.3. The van der Waals surface area contributed by atoms with Crippen LogP contribution in [0, 0.1) is 11.6 Å². The first-order chi connectivity index (χ1) is 14.2. The first kappa shape index (κ1) is 19.7. The van der Waals surface area contributed by atoms with Crippen molar-refractivity contribution < 1.29 is 26.8 Å². The number of carbonyl (C=O) groups excluding carboxylic acids is 2. The molecule has 0 aromatic heterocycles. The SMILES string of the molecule is O=C1c2ccccc2C(=O)N1Cc1ccc(S(=O)(=O)Nc2cc(F)cc(F)c2)cc1. The van der Waals surface area contributed by atoms with Crippen molar-refractivity contribution in [1.82, 2.24) is 4.90 Å². The summed E-state index contributed by atoms with van der Waals surface area (Å²) in [4.78, 5) is 25.8. The first-order valence-electron chi connectivity index (χ1n) is 8.78. The van der Waals surface area contributed by atoms with Gasteiger partial charge in [0.15, 0.2) is 0 Å². The number of fused-ring (bicyclic) bond motifs is 1. The number of hydrogen-bond donors (Lipinski definition) is 1. The van der Waals surface area contributed by atoms with Crippen molar-refractivity contribution in [2.45, 2.75) is 11.4 Å². The molecule has 3 aromatic rings. The number of halogens is 2. The van der Waals surface area contributed by atoms with Gasteiger partial charge in [0.1, 0.15) is 11.6 Å². The maximum absolute atomic E-state index is 13.3. The van der Waals surface area contributed by atoms with Gasteiger partial charge in [0.25, 0.3) is 21.8 Å². The third-order valence-corrected chi connectivity index (χ3v) is 5.96. The van der Waals surface area contributed by atoms with Crippen LogP contribution < -0.4 is 4.72 Å². The van der Waals surface area contributed by atoms with Crippen molar-refractivity contribution in [3.05, 3.63) is 95.1 Å². The summed E-state index contributed by atoms with van der Waals surface area (Å²) in [5.74, 6) is -2.66. The average molecular weight is 428 g/mol. The molecule has 9 heteroatoms. The second-order valence-electron chi connectivity index (χ2n) is 6.65. The second kappa shape index (κ2) is 7.34. The van der Waals surface area contributed by atoms with Gasteiger partial charge in [-0.25, -0.2) is 17.2 Å². The lowest BCUT2D eigenvalue weighted by Crippen LogP contribution is -2.29. The first-order valence-corrected chi connectivity index (χ1v) is 10.3. The van der Waals surface area contributed by atoms with E-state index in [4.69, 9.17) is 0 Å². The molecule has 0 saturated carbocycles. The van der Waals surface area contributed by atoms with Crippen LogP contribution in [0.1, 0.15) is 26.3 Å². The highest BCUT2D eigenvalue weighted by molar-refractivity contribution is 7.92. The summed E-state index contributed by atoms with van der Waals surface area (Å²) in [7, 11) is -4.09. The van der Waals surface area contributed by atoms with Crippen LogP contribution in [0.4, 0.5) is 14.5 Å². The Morgan fingerprint density at radius 1 is 0.800 bits per heavy atom. The quantitative estimate of drug-likeness (QED) is 0.630. The third kappa shape index (κ3) is 3.67. The van der Waals surface area contributed by atoms with E-state index in [0.717, 1.165) is 17.0 Å². The van der Waals surface area contributed by atoms with Gasteiger partial charge in [-0.1, -0.05) is 24.3 Å². The van der Waals surface area contributed by atoms with Crippen molar-refractivity contribution in [2.75, 3.05) is 4.72 Å². The molecule has 3 aromatic carbocycles. The molecule has 0 fully saturated rings. The summed E-state index contributed by atoms with van der Waals surface area (Å²) in [6.45, 7) is -0.0186. The van der Waals surface area contributed by atoms with Gasteiger partial charge in [0, 0.05) is 6.07 Å². The highest BCUT2D eigenvalue weighted by atomic mass is 32.2. The van der Waals surface area contributed by atoms with Crippen LogP contribution in [-0.4, -0.2) is 25.1 Å². The average Bonchev–Trinajstić information content (AvgIpc) is 2.92. The van der Waals surface area contributed by atoms with Crippen LogP contribution in [0.5, 0.6) is 0 Å². The number of hydrogen-bond acceptors (Lipinski definition) is 4. The molecule has 2 amide bonds. The Labute approximate surface area is 170 Å². The van der Waals surface area contributed by atoms with Gasteiger partial charge in [0.2, 0.25) is 0 Å². The lowest BCUT2D eigenvalue weighted by molar-refractivity contribution is 0.0642. The number of amides is 2. The molecule has 1 aliphatic rings. The molecule has 152 valence electrons. The molecule has 1 aliphatic heterocycles. The Kier molecular flexibility index (Phi) is 4.83. The summed E-state index contributed by atoms with van der Waals surface area (Å²) >= 11 is 0. The van der Waals surface area contributed by atoms with Crippen LogP contribution in [0.15, 0.2) is 71.6 Å². The van der Waals surface area contributed by atoms with E-state index in [1.54, 1.807) is 24.3 Å². The fourth-order valence-corrected chi connectivity index (χ4v) is 4.21. The highest BCUT2D eigenvalue weighted by Crippen LogP contribution is 2.25. The second-order valence-corrected chi connectivity index (χ2v) is 8.33. The fourth-order valence-electron chi connectivity index (χ4n) is 3.17. The number of rotatable bonds is 5. The molecule has 0 bridgehead atoms. The Morgan fingerprint density at radius 3 is 1.87 bits per heavy atom. The van der Waals surface area contributed by atoms with Crippen molar-refractivity contribution in [2.24, 2.45) is 0 Å². The summed E-state index contributed by atoms with van der Waals surface area (Å²) in [6, 6.07) is 14.3. The van der Waals surface area contributed by atoms with Crippen molar-refractivity contribution in [3.63, 3.8) is 0 Å². The van der Waals surface area contributed by atoms with Crippen LogP contribution in [0.25, 0.3) is 0 Å². The molecule has 6 nitrogen and oxygen atoms in total. The molecule has 0 spiro atoms. The lowest BCUT2D eigenvalue weighted by Gasteiger charge is -2.14. The van der Waals surface area contributed by atoms with Gasteiger partial charge < -0.3 is 0 Å². The summed E-state index contributed by atoms with van der Waals surface area (Å²) in [6.07, 6.45) is 0. The van der Waals surface area contributed by atoms with E-state index in [0.29, 0.717) is 22.8 Å². The zero-order chi connectivity index (χ0) is 21.5. The van der Waals surface area contributed by atoms with Crippen LogP contribution in [-0.2, 0) is 16.6 Å². The van der Waals surface area contributed by atoms with Crippen LogP contribution in [0.3, 0.4) is 0 Å². The smallest absolute Gasteiger partial charge is 0.261 e. The maximum Gasteiger partial charge on any atom is 0.261 e. The number of benzene rings is 3. The topological polar surface area (TPSA) is 83.6 Å². The highest BCUT2D eigenvalue weighted by Gasteiger charge is 2.34. The van der Waals surface area contributed by atoms with E-state index in [-0.39, 0.29) is 17.1 Å². The number of nitrogens with one attached hydrogen (secondary N) is 1. The van der Waals surface area contributed by atoms with Crippen molar-refractivity contribution >= 4 is 27.5 Å². The van der Waals surface area contributed by atoms with E-state index in [1.165, 1.54) is 24.3 Å².